The van der Waals surface area contributed by atoms with Crippen LogP contribution in [0.15, 0.2) is 48.4 Å². The van der Waals surface area contributed by atoms with Crippen molar-refractivity contribution in [1.29, 1.82) is 0 Å². The average Bonchev–Trinajstić information content (AvgIpc) is 3.07. The lowest BCUT2D eigenvalue weighted by Crippen LogP contribution is -2.28. The van der Waals surface area contributed by atoms with E-state index in [1.807, 2.05) is 29.6 Å². The summed E-state index contributed by atoms with van der Waals surface area (Å²) in [5.74, 6) is 0. The second kappa shape index (κ2) is 4.76. The number of nitrogens with one attached hydrogen (secondary N) is 1. The van der Waals surface area contributed by atoms with Crippen LogP contribution in [0.25, 0.3) is 10.1 Å². The number of rotatable bonds is 4. The fraction of sp³-hybridized carbons (Fsp3) is 0.0833. The fourth-order valence-corrected chi connectivity index (χ4v) is 3.65. The first-order chi connectivity index (χ1) is 9.17. The quantitative estimate of drug-likeness (QED) is 0.800. The molecular formula is C12H11N3O2S2. The minimum Gasteiger partial charge on any atom is -0.244 e. The van der Waals surface area contributed by atoms with E-state index in [0.717, 1.165) is 19.6 Å². The van der Waals surface area contributed by atoms with Gasteiger partial charge in [0.15, 0.2) is 0 Å². The molecule has 1 aromatic carbocycles. The number of thiophene rings is 1. The van der Waals surface area contributed by atoms with Crippen LogP contribution in [0.1, 0.15) is 5.56 Å². The molecule has 0 saturated carbocycles. The van der Waals surface area contributed by atoms with Crippen LogP contribution < -0.4 is 4.72 Å². The molecule has 19 heavy (non-hydrogen) atoms. The zero-order chi connectivity index (χ0) is 13.3. The topological polar surface area (TPSA) is 64.0 Å². The van der Waals surface area contributed by atoms with Crippen LogP contribution >= 0.6 is 11.3 Å². The molecule has 2 aromatic heterocycles. The van der Waals surface area contributed by atoms with E-state index >= 15 is 0 Å². The normalized spacial score (nSPS) is 12.0. The van der Waals surface area contributed by atoms with Crippen LogP contribution in [-0.4, -0.2) is 17.4 Å². The molecule has 0 bridgehead atoms. The molecule has 0 saturated heterocycles. The Morgan fingerprint density at radius 3 is 2.95 bits per heavy atom. The van der Waals surface area contributed by atoms with Gasteiger partial charge in [-0.1, -0.05) is 18.2 Å². The first kappa shape index (κ1) is 12.3. The van der Waals surface area contributed by atoms with Gasteiger partial charge < -0.3 is 0 Å². The van der Waals surface area contributed by atoms with Crippen molar-refractivity contribution in [3.8, 4) is 0 Å². The van der Waals surface area contributed by atoms with Crippen LogP contribution in [0.3, 0.4) is 0 Å². The molecule has 0 unspecified atom stereocenters. The Morgan fingerprint density at radius 1 is 1.32 bits per heavy atom. The highest BCUT2D eigenvalue weighted by Crippen LogP contribution is 2.25. The average molecular weight is 293 g/mol. The maximum absolute atomic E-state index is 11.9. The van der Waals surface area contributed by atoms with Gasteiger partial charge in [-0.2, -0.15) is 13.1 Å². The zero-order valence-corrected chi connectivity index (χ0v) is 11.5. The third-order valence-electron chi connectivity index (χ3n) is 2.76. The molecule has 0 aliphatic carbocycles. The molecule has 0 spiro atoms. The van der Waals surface area contributed by atoms with E-state index in [1.54, 1.807) is 11.3 Å². The van der Waals surface area contributed by atoms with Gasteiger partial charge in [0.1, 0.15) is 6.33 Å². The van der Waals surface area contributed by atoms with Gasteiger partial charge in [-0.15, -0.1) is 11.3 Å². The van der Waals surface area contributed by atoms with Crippen LogP contribution in [0.5, 0.6) is 0 Å². The molecule has 5 nitrogen and oxygen atoms in total. The highest BCUT2D eigenvalue weighted by atomic mass is 32.2. The second-order valence-electron chi connectivity index (χ2n) is 3.98. The monoisotopic (exact) mass is 293 g/mol. The lowest BCUT2D eigenvalue weighted by Gasteiger charge is -2.06. The van der Waals surface area contributed by atoms with Gasteiger partial charge in [-0.3, -0.25) is 0 Å². The Kier molecular flexibility index (Phi) is 3.09. The minimum absolute atomic E-state index is 0.268. The van der Waals surface area contributed by atoms with Crippen LogP contribution in [-0.2, 0) is 16.8 Å². The maximum Gasteiger partial charge on any atom is 0.306 e. The van der Waals surface area contributed by atoms with Crippen molar-refractivity contribution in [2.75, 3.05) is 0 Å². The van der Waals surface area contributed by atoms with Crippen molar-refractivity contribution in [3.05, 3.63) is 53.9 Å². The standard InChI is InChI=1S/C12H11N3O2S2/c16-19(17,15-6-5-13-9-15)14-7-10-8-18-12-4-2-1-3-11(10)12/h1-6,8-9,14H,7H2. The summed E-state index contributed by atoms with van der Waals surface area (Å²) in [5, 5.41) is 3.06. The van der Waals surface area contributed by atoms with Gasteiger partial charge in [0.05, 0.1) is 0 Å². The lowest BCUT2D eigenvalue weighted by atomic mass is 10.2. The van der Waals surface area contributed by atoms with Gasteiger partial charge in [-0.05, 0) is 22.4 Å². The summed E-state index contributed by atoms with van der Waals surface area (Å²) in [6, 6.07) is 7.93. The van der Waals surface area contributed by atoms with E-state index in [2.05, 4.69) is 9.71 Å². The molecule has 2 heterocycles. The van der Waals surface area contributed by atoms with Gasteiger partial charge in [-0.25, -0.2) is 8.96 Å². The number of aromatic nitrogens is 2. The Bertz CT molecular complexity index is 791. The number of fused-ring (bicyclic) bond motifs is 1. The van der Waals surface area contributed by atoms with E-state index in [9.17, 15) is 8.42 Å². The Hall–Kier alpha value is -1.70. The second-order valence-corrected chi connectivity index (χ2v) is 6.55. The van der Waals surface area contributed by atoms with E-state index in [4.69, 9.17) is 0 Å². The van der Waals surface area contributed by atoms with Crippen LogP contribution in [0.2, 0.25) is 0 Å². The van der Waals surface area contributed by atoms with Crippen LogP contribution in [0, 0.1) is 0 Å². The molecule has 3 rings (SSSR count). The highest BCUT2D eigenvalue weighted by molar-refractivity contribution is 7.87. The van der Waals surface area contributed by atoms with Gasteiger partial charge >= 0.3 is 10.2 Å². The summed E-state index contributed by atoms with van der Waals surface area (Å²) >= 11 is 1.61. The largest absolute Gasteiger partial charge is 0.306 e. The Labute approximate surface area is 114 Å². The SMILES string of the molecule is O=S(=O)(NCc1csc2ccccc12)n1ccnc1. The van der Waals surface area contributed by atoms with Gasteiger partial charge in [0.25, 0.3) is 0 Å². The van der Waals surface area contributed by atoms with Crippen molar-refractivity contribution < 1.29 is 8.42 Å². The molecule has 0 aliphatic heterocycles. The fourth-order valence-electron chi connectivity index (χ4n) is 1.80. The van der Waals surface area contributed by atoms with E-state index in [1.165, 1.54) is 18.7 Å². The number of hydrogen-bond acceptors (Lipinski definition) is 4. The van der Waals surface area contributed by atoms with Gasteiger partial charge in [0, 0.05) is 23.6 Å². The molecular weight excluding hydrogens is 282 g/mol. The summed E-state index contributed by atoms with van der Waals surface area (Å²) in [5.41, 5.74) is 0.976. The molecule has 0 atom stereocenters. The van der Waals surface area contributed by atoms with Crippen molar-refractivity contribution in [1.82, 2.24) is 13.7 Å². The zero-order valence-electron chi connectivity index (χ0n) is 9.85. The predicted octanol–water partition coefficient (Wildman–Crippen LogP) is 1.98. The lowest BCUT2D eigenvalue weighted by molar-refractivity contribution is 0.572. The predicted molar refractivity (Wildman–Crippen MR) is 75.2 cm³/mol. The van der Waals surface area contributed by atoms with E-state index in [0.29, 0.717) is 0 Å². The third-order valence-corrected chi connectivity index (χ3v) is 5.06. The smallest absolute Gasteiger partial charge is 0.244 e. The van der Waals surface area contributed by atoms with Crippen molar-refractivity contribution in [2.24, 2.45) is 0 Å². The summed E-state index contributed by atoms with van der Waals surface area (Å²) in [6.07, 6.45) is 4.08. The summed E-state index contributed by atoms with van der Waals surface area (Å²) in [4.78, 5) is 3.73. The number of benzene rings is 1. The first-order valence-corrected chi connectivity index (χ1v) is 7.92. The molecule has 7 heteroatoms. The summed E-state index contributed by atoms with van der Waals surface area (Å²) < 4.78 is 28.6. The van der Waals surface area contributed by atoms with Crippen LogP contribution in [0.4, 0.5) is 0 Å². The van der Waals surface area contributed by atoms with Crippen molar-refractivity contribution in [2.45, 2.75) is 6.54 Å². The molecule has 0 aliphatic rings. The highest BCUT2D eigenvalue weighted by Gasteiger charge is 2.12. The first-order valence-electron chi connectivity index (χ1n) is 5.60. The number of nitrogens with zero attached hydrogens (tertiary/aromatic N) is 2. The Morgan fingerprint density at radius 2 is 2.16 bits per heavy atom. The van der Waals surface area contributed by atoms with E-state index < -0.39 is 10.2 Å². The van der Waals surface area contributed by atoms with Gasteiger partial charge in [0.2, 0.25) is 0 Å². The molecule has 3 aromatic rings. The molecule has 0 radical (unpaired) electrons. The van der Waals surface area contributed by atoms with Crippen molar-refractivity contribution in [3.63, 3.8) is 0 Å². The van der Waals surface area contributed by atoms with E-state index in [-0.39, 0.29) is 6.54 Å². The number of imidazole rings is 1. The molecule has 1 N–H and O–H groups in total. The molecule has 0 amide bonds. The summed E-state index contributed by atoms with van der Waals surface area (Å²) in [6.45, 7) is 0.268. The molecule has 0 fully saturated rings. The summed E-state index contributed by atoms with van der Waals surface area (Å²) in [7, 11) is -3.55. The maximum atomic E-state index is 11.9. The van der Waals surface area contributed by atoms with Crippen molar-refractivity contribution >= 4 is 31.6 Å². The Balaban J connectivity index is 1.83. The molecule has 98 valence electrons. The number of hydrogen-bond donors (Lipinski definition) is 1. The third kappa shape index (κ3) is 2.40. The minimum atomic E-state index is -3.55.